The van der Waals surface area contributed by atoms with Gasteiger partial charge in [0.05, 0.1) is 18.8 Å². The van der Waals surface area contributed by atoms with E-state index >= 15 is 0 Å². The molecule has 0 bridgehead atoms. The van der Waals surface area contributed by atoms with Crippen LogP contribution in [0.2, 0.25) is 0 Å². The third-order valence-electron chi connectivity index (χ3n) is 14.1. The monoisotopic (exact) mass is 819 g/mol. The number of hydrogen-bond acceptors (Lipinski definition) is 1. The molecule has 0 aliphatic carbocycles. The van der Waals surface area contributed by atoms with Gasteiger partial charge in [0.1, 0.15) is 0 Å². The van der Waals surface area contributed by atoms with E-state index in [9.17, 15) is 0 Å². The molecule has 3 heteroatoms. The van der Waals surface area contributed by atoms with Crippen molar-refractivity contribution in [2.45, 2.75) is 0 Å². The molecule has 14 aromatic carbocycles. The summed E-state index contributed by atoms with van der Waals surface area (Å²) >= 11 is 0. The lowest BCUT2D eigenvalue weighted by molar-refractivity contribution is 1.30. The lowest BCUT2D eigenvalue weighted by Gasteiger charge is -2.27. The molecule has 14 aromatic rings. The molecule has 0 radical (unpaired) electrons. The van der Waals surface area contributed by atoms with Crippen LogP contribution in [0.15, 0.2) is 200 Å². The van der Waals surface area contributed by atoms with Gasteiger partial charge in [-0.15, -0.1) is 0 Å². The Labute approximate surface area is 373 Å². The lowest BCUT2D eigenvalue weighted by Crippen LogP contribution is -2.10. The van der Waals surface area contributed by atoms with Crippen LogP contribution in [0.3, 0.4) is 0 Å². The SMILES string of the molecule is [C-]#[N+]c1ccc(N(c2ccc([N+]#[C-])cc2)c2ccc3c4c(-c5ccccc5)c5c6ccc7c8cccc9cccc(c%10ccc(c5c(-c5ccccc5)c4c4cccc2c43)c6c%107)c98)cc1. The predicted octanol–water partition coefficient (Wildman–Crippen LogP) is 18.3. The predicted molar refractivity (Wildman–Crippen MR) is 276 cm³/mol. The van der Waals surface area contributed by atoms with Gasteiger partial charge in [0.15, 0.2) is 11.4 Å². The van der Waals surface area contributed by atoms with Crippen molar-refractivity contribution in [2.75, 3.05) is 4.90 Å². The summed E-state index contributed by atoms with van der Waals surface area (Å²) in [6.07, 6.45) is 0. The molecule has 0 aromatic heterocycles. The van der Waals surface area contributed by atoms with Gasteiger partial charge in [-0.2, -0.15) is 0 Å². The Hall–Kier alpha value is -9.02. The third-order valence-corrected chi connectivity index (χ3v) is 14.1. The second kappa shape index (κ2) is 13.2. The van der Waals surface area contributed by atoms with Crippen LogP contribution in [0.1, 0.15) is 0 Å². The van der Waals surface area contributed by atoms with Crippen LogP contribution >= 0.6 is 0 Å². The maximum Gasteiger partial charge on any atom is 0.187 e. The summed E-state index contributed by atoms with van der Waals surface area (Å²) < 4.78 is 0. The van der Waals surface area contributed by atoms with E-state index in [2.05, 4.69) is 166 Å². The quantitative estimate of drug-likeness (QED) is 0.0957. The van der Waals surface area contributed by atoms with Gasteiger partial charge >= 0.3 is 0 Å². The average Bonchev–Trinajstić information content (AvgIpc) is 3.89. The highest BCUT2D eigenvalue weighted by molar-refractivity contribution is 6.49. The molecule has 0 heterocycles. The smallest absolute Gasteiger partial charge is 0.187 e. The summed E-state index contributed by atoms with van der Waals surface area (Å²) in [7, 11) is 0. The topological polar surface area (TPSA) is 12.0 Å². The van der Waals surface area contributed by atoms with Crippen molar-refractivity contribution in [3.8, 4) is 22.3 Å². The first-order valence-electron chi connectivity index (χ1n) is 22.0. The van der Waals surface area contributed by atoms with E-state index in [-0.39, 0.29) is 0 Å². The highest BCUT2D eigenvalue weighted by Crippen LogP contribution is 2.58. The number of nitrogens with zero attached hydrogens (tertiary/aromatic N) is 3. The molecule has 0 aliphatic heterocycles. The first kappa shape index (κ1) is 35.6. The first-order valence-corrected chi connectivity index (χ1v) is 22.0. The standard InChI is InChI=1S/C62H33N3/c1-63-39-22-26-41(27-23-39)65(42-28-24-40(64-2)25-29-42)52-35-34-49-56-47(52)20-11-21-48(56)59-54(37-12-5-3-6-13-37)61-50-32-30-45-43-18-9-16-36-17-10-19-44(53(36)43)46-31-33-51(58(50)57(45)46)62(61)55(60(49)59)38-14-7-4-8-15-38/h3-35H. The van der Waals surface area contributed by atoms with E-state index in [4.69, 9.17) is 13.1 Å². The minimum absolute atomic E-state index is 0.590. The van der Waals surface area contributed by atoms with Crippen LogP contribution in [0.25, 0.3) is 129 Å². The molecule has 3 nitrogen and oxygen atoms in total. The van der Waals surface area contributed by atoms with E-state index in [1.165, 1.54) is 114 Å². The molecule has 0 unspecified atom stereocenters. The van der Waals surface area contributed by atoms with E-state index < -0.39 is 0 Å². The largest absolute Gasteiger partial charge is 0.310 e. The molecule has 0 atom stereocenters. The zero-order valence-corrected chi connectivity index (χ0v) is 34.9. The van der Waals surface area contributed by atoms with Crippen molar-refractivity contribution in [3.05, 3.63) is 223 Å². The lowest BCUT2D eigenvalue weighted by atomic mass is 9.87. The molecule has 0 saturated heterocycles. The van der Waals surface area contributed by atoms with Crippen molar-refractivity contribution < 1.29 is 0 Å². The van der Waals surface area contributed by atoms with Crippen LogP contribution in [-0.4, -0.2) is 0 Å². The second-order valence-corrected chi connectivity index (χ2v) is 17.2. The van der Waals surface area contributed by atoms with E-state index in [1.807, 2.05) is 48.5 Å². The van der Waals surface area contributed by atoms with Crippen molar-refractivity contribution in [1.29, 1.82) is 0 Å². The van der Waals surface area contributed by atoms with Gasteiger partial charge < -0.3 is 4.90 Å². The molecular weight excluding hydrogens is 787 g/mol. The van der Waals surface area contributed by atoms with Crippen LogP contribution < -0.4 is 4.90 Å². The van der Waals surface area contributed by atoms with Crippen molar-refractivity contribution in [2.24, 2.45) is 0 Å². The third kappa shape index (κ3) is 4.76. The molecule has 14 rings (SSSR count). The Bertz CT molecular complexity index is 4100. The summed E-state index contributed by atoms with van der Waals surface area (Å²) in [6.45, 7) is 15.3. The van der Waals surface area contributed by atoms with Gasteiger partial charge in [0, 0.05) is 16.8 Å². The zero-order valence-electron chi connectivity index (χ0n) is 34.9. The number of anilines is 3. The fourth-order valence-corrected chi connectivity index (χ4v) is 11.5. The van der Waals surface area contributed by atoms with E-state index in [0.717, 1.165) is 22.4 Å². The summed E-state index contributed by atoms with van der Waals surface area (Å²) in [5, 5.41) is 22.9. The Morgan fingerprint density at radius 3 is 1.17 bits per heavy atom. The molecule has 0 fully saturated rings. The highest BCUT2D eigenvalue weighted by Gasteiger charge is 2.29. The Balaban J connectivity index is 1.19. The Morgan fingerprint density at radius 2 is 0.662 bits per heavy atom. The molecule has 0 aliphatic rings. The first-order chi connectivity index (χ1) is 32.2. The molecule has 0 saturated carbocycles. The maximum atomic E-state index is 7.66. The van der Waals surface area contributed by atoms with Crippen LogP contribution in [0, 0.1) is 13.1 Å². The highest BCUT2D eigenvalue weighted by atomic mass is 15.1. The number of fused-ring (bicyclic) bond motifs is 8. The Kier molecular flexibility index (Phi) is 7.25. The fourth-order valence-electron chi connectivity index (χ4n) is 11.5. The van der Waals surface area contributed by atoms with Crippen LogP contribution in [-0.2, 0) is 0 Å². The van der Waals surface area contributed by atoms with Gasteiger partial charge in [-0.25, -0.2) is 9.69 Å². The number of hydrogen-bond donors (Lipinski definition) is 0. The molecule has 0 N–H and O–H groups in total. The van der Waals surface area contributed by atoms with E-state index in [0.29, 0.717) is 11.4 Å². The molecular formula is C62H33N3. The maximum absolute atomic E-state index is 7.66. The van der Waals surface area contributed by atoms with E-state index in [1.54, 1.807) is 0 Å². The summed E-state index contributed by atoms with van der Waals surface area (Å²) in [5.41, 5.74) is 8.99. The average molecular weight is 820 g/mol. The van der Waals surface area contributed by atoms with Gasteiger partial charge in [0.2, 0.25) is 0 Å². The van der Waals surface area contributed by atoms with Gasteiger partial charge in [-0.05, 0) is 144 Å². The summed E-state index contributed by atoms with van der Waals surface area (Å²) in [5.74, 6) is 0. The number of benzene rings is 12. The van der Waals surface area contributed by atoms with Gasteiger partial charge in [0.25, 0.3) is 0 Å². The van der Waals surface area contributed by atoms with Crippen LogP contribution in [0.5, 0.6) is 0 Å². The van der Waals surface area contributed by atoms with Crippen molar-refractivity contribution in [1.82, 2.24) is 0 Å². The zero-order chi connectivity index (χ0) is 42.9. The fraction of sp³-hybridized carbons (Fsp3) is 0. The summed E-state index contributed by atoms with van der Waals surface area (Å²) in [4.78, 5) is 9.65. The molecule has 0 spiro atoms. The van der Waals surface area contributed by atoms with Crippen molar-refractivity contribution in [3.63, 3.8) is 0 Å². The van der Waals surface area contributed by atoms with Gasteiger partial charge in [-0.1, -0.05) is 170 Å². The minimum Gasteiger partial charge on any atom is -0.310 e. The molecule has 0 amide bonds. The number of rotatable bonds is 5. The molecule has 296 valence electrons. The second-order valence-electron chi connectivity index (χ2n) is 17.2. The minimum atomic E-state index is 0.590. The van der Waals surface area contributed by atoms with Gasteiger partial charge in [-0.3, -0.25) is 0 Å². The normalized spacial score (nSPS) is 12.0. The Morgan fingerprint density at radius 1 is 0.277 bits per heavy atom. The van der Waals surface area contributed by atoms with Crippen molar-refractivity contribution >= 4 is 125 Å². The van der Waals surface area contributed by atoms with Crippen LogP contribution in [0.4, 0.5) is 28.4 Å². The molecule has 65 heavy (non-hydrogen) atoms. The summed E-state index contributed by atoms with van der Waals surface area (Å²) in [6, 6.07) is 72.2.